The Hall–Kier alpha value is -0.460. The van der Waals surface area contributed by atoms with Crippen molar-refractivity contribution in [3.05, 3.63) is 12.3 Å². The van der Waals surface area contributed by atoms with Crippen molar-refractivity contribution in [1.82, 2.24) is 4.90 Å². The predicted octanol–water partition coefficient (Wildman–Crippen LogP) is 2.11. The molecule has 10 heavy (non-hydrogen) atoms. The van der Waals surface area contributed by atoms with Crippen LogP contribution in [0.25, 0.3) is 0 Å². The van der Waals surface area contributed by atoms with Crippen molar-refractivity contribution in [3.63, 3.8) is 0 Å². The molecule has 1 aliphatic heterocycles. The molecule has 1 saturated heterocycles. The zero-order valence-electron chi connectivity index (χ0n) is 7.39. The van der Waals surface area contributed by atoms with Gasteiger partial charge in [-0.15, -0.1) is 0 Å². The van der Waals surface area contributed by atoms with E-state index in [1.165, 1.54) is 5.70 Å². The zero-order chi connectivity index (χ0) is 7.89. The molecule has 0 aromatic carbocycles. The molecule has 3 atom stereocenters. The molecule has 58 valence electrons. The quantitative estimate of drug-likeness (QED) is 0.497. The van der Waals surface area contributed by atoms with Gasteiger partial charge in [0, 0.05) is 18.8 Å². The summed E-state index contributed by atoms with van der Waals surface area (Å²) in [6.07, 6.45) is 0. The fraction of sp³-hybridized carbons (Fsp3) is 0.778. The molecule has 2 unspecified atom stereocenters. The minimum Gasteiger partial charge on any atom is -0.375 e. The van der Waals surface area contributed by atoms with Gasteiger partial charge in [0.05, 0.1) is 0 Å². The molecule has 0 radical (unpaired) electrons. The molecule has 0 N–H and O–H groups in total. The van der Waals surface area contributed by atoms with E-state index in [1.54, 1.807) is 0 Å². The van der Waals surface area contributed by atoms with Crippen molar-refractivity contribution in [3.8, 4) is 0 Å². The highest BCUT2D eigenvalue weighted by Gasteiger charge is 2.33. The molecule has 0 amide bonds. The van der Waals surface area contributed by atoms with Gasteiger partial charge in [-0.25, -0.2) is 0 Å². The van der Waals surface area contributed by atoms with E-state index in [4.69, 9.17) is 0 Å². The second kappa shape index (κ2) is 2.30. The summed E-state index contributed by atoms with van der Waals surface area (Å²) >= 11 is 0. The fourth-order valence-corrected chi connectivity index (χ4v) is 1.66. The van der Waals surface area contributed by atoms with Crippen LogP contribution >= 0.6 is 0 Å². The largest absolute Gasteiger partial charge is 0.375 e. The van der Waals surface area contributed by atoms with E-state index >= 15 is 0 Å². The molecule has 0 aliphatic carbocycles. The minimum absolute atomic E-state index is 0.667. The van der Waals surface area contributed by atoms with Gasteiger partial charge in [-0.3, -0.25) is 0 Å². The Bertz CT molecular complexity index is 135. The maximum absolute atomic E-state index is 4.04. The van der Waals surface area contributed by atoms with E-state index in [1.807, 2.05) is 0 Å². The van der Waals surface area contributed by atoms with Crippen LogP contribution in [0.3, 0.4) is 0 Å². The Labute approximate surface area is 63.7 Å². The van der Waals surface area contributed by atoms with Crippen LogP contribution in [0.5, 0.6) is 0 Å². The maximum Gasteiger partial charge on any atom is 0.0287 e. The van der Waals surface area contributed by atoms with Crippen molar-refractivity contribution in [2.24, 2.45) is 11.8 Å². The Kier molecular flexibility index (Phi) is 1.76. The topological polar surface area (TPSA) is 3.24 Å². The van der Waals surface area contributed by atoms with Crippen molar-refractivity contribution in [2.45, 2.75) is 26.8 Å². The summed E-state index contributed by atoms with van der Waals surface area (Å²) in [6.45, 7) is 10.9. The molecule has 0 aromatic rings. The number of allylic oxidation sites excluding steroid dienone is 1. The van der Waals surface area contributed by atoms with E-state index in [0.717, 1.165) is 5.92 Å². The Morgan fingerprint density at radius 1 is 1.30 bits per heavy atom. The third kappa shape index (κ3) is 0.845. The Morgan fingerprint density at radius 2 is 1.80 bits per heavy atom. The van der Waals surface area contributed by atoms with Crippen molar-refractivity contribution >= 4 is 0 Å². The second-order valence-electron chi connectivity index (χ2n) is 3.49. The van der Waals surface area contributed by atoms with Crippen molar-refractivity contribution in [1.29, 1.82) is 0 Å². The standard InChI is InChI=1S/C9H17N/c1-6-7(2)9(4)10(5)8(6)3/h6-7,9H,3H2,1-2,4-5H3/t6-,7?,9?/m0/s1. The van der Waals surface area contributed by atoms with E-state index in [0.29, 0.717) is 12.0 Å². The summed E-state index contributed by atoms with van der Waals surface area (Å²) in [5, 5.41) is 0. The third-order valence-corrected chi connectivity index (χ3v) is 3.14. The molecular weight excluding hydrogens is 122 g/mol. The molecule has 1 rings (SSSR count). The van der Waals surface area contributed by atoms with Gasteiger partial charge in [-0.1, -0.05) is 20.4 Å². The van der Waals surface area contributed by atoms with Crippen LogP contribution in [-0.4, -0.2) is 18.0 Å². The molecule has 0 spiro atoms. The smallest absolute Gasteiger partial charge is 0.0287 e. The number of hydrogen-bond acceptors (Lipinski definition) is 1. The molecule has 0 saturated carbocycles. The van der Waals surface area contributed by atoms with Gasteiger partial charge < -0.3 is 4.90 Å². The third-order valence-electron chi connectivity index (χ3n) is 3.14. The van der Waals surface area contributed by atoms with Crippen LogP contribution in [0.4, 0.5) is 0 Å². The van der Waals surface area contributed by atoms with E-state index in [2.05, 4.69) is 39.3 Å². The van der Waals surface area contributed by atoms with Gasteiger partial charge in [-0.2, -0.15) is 0 Å². The van der Waals surface area contributed by atoms with Gasteiger partial charge in [0.25, 0.3) is 0 Å². The Morgan fingerprint density at radius 3 is 1.90 bits per heavy atom. The van der Waals surface area contributed by atoms with Crippen LogP contribution < -0.4 is 0 Å². The molecule has 1 heteroatoms. The van der Waals surface area contributed by atoms with Crippen molar-refractivity contribution in [2.75, 3.05) is 7.05 Å². The van der Waals surface area contributed by atoms with Gasteiger partial charge in [0.15, 0.2) is 0 Å². The van der Waals surface area contributed by atoms with E-state index in [9.17, 15) is 0 Å². The average Bonchev–Trinajstić information content (AvgIpc) is 2.07. The van der Waals surface area contributed by atoms with Crippen LogP contribution in [-0.2, 0) is 0 Å². The molecule has 1 heterocycles. The Balaban J connectivity index is 2.78. The summed E-state index contributed by atoms with van der Waals surface area (Å²) in [5.41, 5.74) is 1.29. The van der Waals surface area contributed by atoms with E-state index in [-0.39, 0.29) is 0 Å². The average molecular weight is 139 g/mol. The predicted molar refractivity (Wildman–Crippen MR) is 44.7 cm³/mol. The highest BCUT2D eigenvalue weighted by Crippen LogP contribution is 2.34. The lowest BCUT2D eigenvalue weighted by atomic mass is 9.94. The SMILES string of the molecule is C=C1[C@@H](C)C(C)C(C)N1C. The summed E-state index contributed by atoms with van der Waals surface area (Å²) in [4.78, 5) is 2.29. The molecule has 1 aliphatic rings. The van der Waals surface area contributed by atoms with Crippen LogP contribution in [0.1, 0.15) is 20.8 Å². The normalized spacial score (nSPS) is 41.0. The molecule has 0 bridgehead atoms. The molecule has 1 fully saturated rings. The lowest BCUT2D eigenvalue weighted by molar-refractivity contribution is 0.323. The first kappa shape index (κ1) is 7.64. The first-order chi connectivity index (χ1) is 4.55. The summed E-state index contributed by atoms with van der Waals surface area (Å²) in [6, 6.07) is 0.669. The second-order valence-corrected chi connectivity index (χ2v) is 3.49. The van der Waals surface area contributed by atoms with Crippen LogP contribution in [0, 0.1) is 11.8 Å². The van der Waals surface area contributed by atoms with Gasteiger partial charge in [-0.05, 0) is 18.8 Å². The van der Waals surface area contributed by atoms with Crippen molar-refractivity contribution < 1.29 is 0 Å². The lowest BCUT2D eigenvalue weighted by Crippen LogP contribution is -2.23. The number of hydrogen-bond donors (Lipinski definition) is 0. The van der Waals surface area contributed by atoms with Crippen LogP contribution in [0.2, 0.25) is 0 Å². The molecular formula is C9H17N. The first-order valence-electron chi connectivity index (χ1n) is 3.97. The number of likely N-dealkylation sites (tertiary alicyclic amines) is 1. The van der Waals surface area contributed by atoms with E-state index < -0.39 is 0 Å². The monoisotopic (exact) mass is 139 g/mol. The molecule has 1 nitrogen and oxygen atoms in total. The minimum atomic E-state index is 0.667. The number of rotatable bonds is 0. The lowest BCUT2D eigenvalue weighted by Gasteiger charge is -2.19. The van der Waals surface area contributed by atoms with Gasteiger partial charge in [0.2, 0.25) is 0 Å². The maximum atomic E-state index is 4.04. The van der Waals surface area contributed by atoms with Crippen LogP contribution in [0.15, 0.2) is 12.3 Å². The highest BCUT2D eigenvalue weighted by molar-refractivity contribution is 5.08. The van der Waals surface area contributed by atoms with Gasteiger partial charge in [0.1, 0.15) is 0 Å². The summed E-state index contributed by atoms with van der Waals surface area (Å²) in [5.74, 6) is 1.43. The van der Waals surface area contributed by atoms with Gasteiger partial charge >= 0.3 is 0 Å². The fourth-order valence-electron chi connectivity index (χ4n) is 1.66. The number of nitrogens with zero attached hydrogens (tertiary/aromatic N) is 1. The first-order valence-corrected chi connectivity index (χ1v) is 3.97. The summed E-state index contributed by atoms with van der Waals surface area (Å²) in [7, 11) is 2.13. The zero-order valence-corrected chi connectivity index (χ0v) is 7.39. The highest BCUT2D eigenvalue weighted by atomic mass is 15.2. The summed E-state index contributed by atoms with van der Waals surface area (Å²) < 4.78 is 0. The molecule has 0 aromatic heterocycles.